The summed E-state index contributed by atoms with van der Waals surface area (Å²) in [6, 6.07) is 41.8. The van der Waals surface area contributed by atoms with Crippen LogP contribution >= 0.6 is 0 Å². The predicted molar refractivity (Wildman–Crippen MR) is 145 cm³/mol. The molecular weight excluding hydrogens is 396 g/mol. The van der Waals surface area contributed by atoms with Crippen LogP contribution in [-0.2, 0) is 0 Å². The van der Waals surface area contributed by atoms with E-state index in [4.69, 9.17) is 0 Å². The molecule has 0 amide bonds. The van der Waals surface area contributed by atoms with Gasteiger partial charge in [0.15, 0.2) is 0 Å². The second-order valence-corrected chi connectivity index (χ2v) is 8.79. The highest BCUT2D eigenvalue weighted by molar-refractivity contribution is 6.25. The Bertz CT molecular complexity index is 1650. The van der Waals surface area contributed by atoms with Gasteiger partial charge in [-0.15, -0.1) is 0 Å². The number of benzene rings is 6. The maximum absolute atomic E-state index is 4.10. The Morgan fingerprint density at radius 1 is 0.424 bits per heavy atom. The molecule has 0 aliphatic carbocycles. The highest BCUT2D eigenvalue weighted by Gasteiger charge is 2.10. The number of rotatable bonds is 3. The molecule has 0 aliphatic rings. The summed E-state index contributed by atoms with van der Waals surface area (Å²) in [7, 11) is 0. The average Bonchev–Trinajstić information content (AvgIpc) is 2.89. The fourth-order valence-electron chi connectivity index (χ4n) is 4.93. The minimum atomic E-state index is 1.08. The molecule has 156 valence electrons. The van der Waals surface area contributed by atoms with Crippen molar-refractivity contribution in [3.05, 3.63) is 127 Å². The highest BCUT2D eigenvalue weighted by atomic mass is 14.1. The predicted octanol–water partition coefficient (Wildman–Crippen LogP) is 9.51. The quantitative estimate of drug-likeness (QED) is 0.250. The minimum Gasteiger partial charge on any atom is -0.0955 e. The molecule has 0 bridgehead atoms. The van der Waals surface area contributed by atoms with Crippen LogP contribution in [0, 0.1) is 0 Å². The van der Waals surface area contributed by atoms with Crippen molar-refractivity contribution in [2.75, 3.05) is 0 Å². The van der Waals surface area contributed by atoms with E-state index in [9.17, 15) is 0 Å². The zero-order valence-electron chi connectivity index (χ0n) is 18.7. The van der Waals surface area contributed by atoms with E-state index in [-0.39, 0.29) is 0 Å². The SMILES string of the molecule is C=C(C)c1cccc(-c2cccc(-c3ccc4c5ccccc5c5ccccc5c4c3)c2)c1. The maximum atomic E-state index is 4.10. The van der Waals surface area contributed by atoms with E-state index in [1.165, 1.54) is 60.1 Å². The van der Waals surface area contributed by atoms with Crippen LogP contribution < -0.4 is 0 Å². The first kappa shape index (κ1) is 19.5. The lowest BCUT2D eigenvalue weighted by Crippen LogP contribution is -1.86. The molecule has 0 spiro atoms. The van der Waals surface area contributed by atoms with E-state index in [0.29, 0.717) is 0 Å². The first-order chi connectivity index (χ1) is 16.2. The van der Waals surface area contributed by atoms with Crippen molar-refractivity contribution in [2.24, 2.45) is 0 Å². The molecule has 0 heterocycles. The fraction of sp³-hybridized carbons (Fsp3) is 0.0303. The zero-order valence-corrected chi connectivity index (χ0v) is 18.7. The van der Waals surface area contributed by atoms with E-state index in [1.807, 2.05) is 0 Å². The molecule has 0 aromatic heterocycles. The standard InChI is InChI=1S/C33H24/c1-22(2)23-9-7-10-24(19-23)25-11-8-12-26(20-25)27-17-18-32-30-15-4-3-13-28(30)29-14-5-6-16-31(29)33(32)21-27/h3-21H,1H2,2H3. The third kappa shape index (κ3) is 3.32. The van der Waals surface area contributed by atoms with Crippen LogP contribution in [0.3, 0.4) is 0 Å². The second-order valence-electron chi connectivity index (χ2n) is 8.79. The third-order valence-corrected chi connectivity index (χ3v) is 6.63. The molecule has 0 saturated heterocycles. The lowest BCUT2D eigenvalue weighted by Gasteiger charge is -2.13. The van der Waals surface area contributed by atoms with Crippen LogP contribution in [0.5, 0.6) is 0 Å². The summed E-state index contributed by atoms with van der Waals surface area (Å²) >= 11 is 0. The van der Waals surface area contributed by atoms with Gasteiger partial charge in [-0.1, -0.05) is 109 Å². The van der Waals surface area contributed by atoms with Gasteiger partial charge >= 0.3 is 0 Å². The van der Waals surface area contributed by atoms with Crippen LogP contribution in [0.4, 0.5) is 0 Å². The molecule has 0 radical (unpaired) electrons. The highest BCUT2D eigenvalue weighted by Crippen LogP contribution is 2.37. The van der Waals surface area contributed by atoms with E-state index in [0.717, 1.165) is 5.57 Å². The summed E-state index contributed by atoms with van der Waals surface area (Å²) in [6.07, 6.45) is 0. The van der Waals surface area contributed by atoms with Gasteiger partial charge in [-0.2, -0.15) is 0 Å². The molecule has 0 aliphatic heterocycles. The van der Waals surface area contributed by atoms with Crippen LogP contribution in [0.25, 0.3) is 60.1 Å². The van der Waals surface area contributed by atoms with E-state index >= 15 is 0 Å². The molecule has 0 unspecified atom stereocenters. The number of fused-ring (bicyclic) bond motifs is 6. The molecule has 0 saturated carbocycles. The van der Waals surface area contributed by atoms with E-state index in [2.05, 4.69) is 129 Å². The van der Waals surface area contributed by atoms with Crippen molar-refractivity contribution in [1.29, 1.82) is 0 Å². The van der Waals surface area contributed by atoms with Crippen molar-refractivity contribution >= 4 is 37.9 Å². The van der Waals surface area contributed by atoms with Crippen molar-refractivity contribution in [3.8, 4) is 22.3 Å². The van der Waals surface area contributed by atoms with Gasteiger partial charge in [-0.3, -0.25) is 0 Å². The molecule has 0 heteroatoms. The van der Waals surface area contributed by atoms with Crippen LogP contribution in [0.1, 0.15) is 12.5 Å². The first-order valence-corrected chi connectivity index (χ1v) is 11.4. The van der Waals surface area contributed by atoms with Crippen molar-refractivity contribution in [2.45, 2.75) is 6.92 Å². The van der Waals surface area contributed by atoms with Crippen molar-refractivity contribution in [1.82, 2.24) is 0 Å². The molecule has 0 N–H and O–H groups in total. The summed E-state index contributed by atoms with van der Waals surface area (Å²) < 4.78 is 0. The molecule has 6 rings (SSSR count). The monoisotopic (exact) mass is 420 g/mol. The van der Waals surface area contributed by atoms with Crippen LogP contribution in [0.2, 0.25) is 0 Å². The van der Waals surface area contributed by atoms with Gasteiger partial charge in [0.2, 0.25) is 0 Å². The molecule has 6 aromatic rings. The number of hydrogen-bond acceptors (Lipinski definition) is 0. The Hall–Kier alpha value is -4.16. The summed E-state index contributed by atoms with van der Waals surface area (Å²) in [5.74, 6) is 0. The Kier molecular flexibility index (Phi) is 4.59. The largest absolute Gasteiger partial charge is 0.0955 e. The van der Waals surface area contributed by atoms with Gasteiger partial charge < -0.3 is 0 Å². The van der Waals surface area contributed by atoms with Gasteiger partial charge in [0.25, 0.3) is 0 Å². The molecule has 0 nitrogen and oxygen atoms in total. The van der Waals surface area contributed by atoms with Crippen LogP contribution in [0.15, 0.2) is 122 Å². The lowest BCUT2D eigenvalue weighted by molar-refractivity contribution is 1.55. The smallest absolute Gasteiger partial charge is 0.00928 e. The fourth-order valence-corrected chi connectivity index (χ4v) is 4.93. The number of hydrogen-bond donors (Lipinski definition) is 0. The van der Waals surface area contributed by atoms with Gasteiger partial charge in [0.05, 0.1) is 0 Å². The van der Waals surface area contributed by atoms with Gasteiger partial charge in [-0.05, 0) is 85.3 Å². The Labute approximate surface area is 194 Å². The zero-order chi connectivity index (χ0) is 22.4. The van der Waals surface area contributed by atoms with Crippen molar-refractivity contribution < 1.29 is 0 Å². The topological polar surface area (TPSA) is 0 Å². The second kappa shape index (κ2) is 7.76. The Morgan fingerprint density at radius 3 is 1.45 bits per heavy atom. The van der Waals surface area contributed by atoms with Gasteiger partial charge in [0.1, 0.15) is 0 Å². The maximum Gasteiger partial charge on any atom is -0.00928 e. The molecule has 0 fully saturated rings. The van der Waals surface area contributed by atoms with E-state index < -0.39 is 0 Å². The summed E-state index contributed by atoms with van der Waals surface area (Å²) in [5.41, 5.74) is 7.17. The summed E-state index contributed by atoms with van der Waals surface area (Å²) in [6.45, 7) is 6.15. The summed E-state index contributed by atoms with van der Waals surface area (Å²) in [4.78, 5) is 0. The van der Waals surface area contributed by atoms with E-state index in [1.54, 1.807) is 0 Å². The average molecular weight is 421 g/mol. The normalized spacial score (nSPS) is 11.3. The third-order valence-electron chi connectivity index (χ3n) is 6.63. The first-order valence-electron chi connectivity index (χ1n) is 11.4. The lowest BCUT2D eigenvalue weighted by atomic mass is 9.91. The Morgan fingerprint density at radius 2 is 0.879 bits per heavy atom. The van der Waals surface area contributed by atoms with Gasteiger partial charge in [-0.25, -0.2) is 0 Å². The molecular formula is C33H24. The molecule has 6 aromatic carbocycles. The van der Waals surface area contributed by atoms with Crippen LogP contribution in [-0.4, -0.2) is 0 Å². The molecule has 0 atom stereocenters. The Balaban J connectivity index is 1.55. The minimum absolute atomic E-state index is 1.08. The van der Waals surface area contributed by atoms with Crippen molar-refractivity contribution in [3.63, 3.8) is 0 Å². The molecule has 33 heavy (non-hydrogen) atoms. The van der Waals surface area contributed by atoms with Gasteiger partial charge in [0, 0.05) is 0 Å². The summed E-state index contributed by atoms with van der Waals surface area (Å²) in [5, 5.41) is 7.84. The number of allylic oxidation sites excluding steroid dienone is 1.